The Kier molecular flexibility index (Phi) is 5.44. The van der Waals surface area contributed by atoms with Crippen molar-refractivity contribution in [3.05, 3.63) is 0 Å². The lowest BCUT2D eigenvalue weighted by Crippen LogP contribution is -2.47. The highest BCUT2D eigenvalue weighted by Gasteiger charge is 2.28. The van der Waals surface area contributed by atoms with Gasteiger partial charge in [0.05, 0.1) is 5.60 Å². The first-order valence-corrected chi connectivity index (χ1v) is 6.76. The van der Waals surface area contributed by atoms with Crippen LogP contribution in [0.3, 0.4) is 0 Å². The number of piperidine rings is 1. The van der Waals surface area contributed by atoms with Crippen LogP contribution in [0.25, 0.3) is 0 Å². The number of thiol groups is 1. The number of rotatable bonds is 5. The van der Waals surface area contributed by atoms with Crippen LogP contribution in [-0.4, -0.2) is 41.0 Å². The number of likely N-dealkylation sites (tertiary alicyclic amines) is 1. The van der Waals surface area contributed by atoms with E-state index < -0.39 is 5.60 Å². The van der Waals surface area contributed by atoms with Crippen LogP contribution in [0.15, 0.2) is 0 Å². The van der Waals surface area contributed by atoms with E-state index in [9.17, 15) is 5.11 Å². The first-order valence-electron chi connectivity index (χ1n) is 6.13. The van der Waals surface area contributed by atoms with Gasteiger partial charge in [0.25, 0.3) is 0 Å². The number of nitrogens with zero attached hydrogens (tertiary/aromatic N) is 1. The molecular formula is C12H25NOS. The molecule has 1 N–H and O–H groups in total. The lowest BCUT2D eigenvalue weighted by molar-refractivity contribution is -0.0193. The molecule has 0 spiro atoms. The third-order valence-corrected chi connectivity index (χ3v) is 3.74. The highest BCUT2D eigenvalue weighted by Crippen LogP contribution is 2.22. The summed E-state index contributed by atoms with van der Waals surface area (Å²) in [5.41, 5.74) is -0.467. The minimum Gasteiger partial charge on any atom is -0.389 e. The zero-order valence-corrected chi connectivity index (χ0v) is 11.0. The first kappa shape index (κ1) is 13.3. The second-order valence-corrected chi connectivity index (χ2v) is 5.54. The molecule has 0 aromatic carbocycles. The summed E-state index contributed by atoms with van der Waals surface area (Å²) < 4.78 is 0. The van der Waals surface area contributed by atoms with Gasteiger partial charge in [0, 0.05) is 13.1 Å². The molecule has 0 saturated carbocycles. The van der Waals surface area contributed by atoms with Gasteiger partial charge < -0.3 is 10.0 Å². The molecule has 2 nitrogen and oxygen atoms in total. The molecule has 0 aromatic rings. The van der Waals surface area contributed by atoms with Crippen LogP contribution in [0.2, 0.25) is 0 Å². The fourth-order valence-corrected chi connectivity index (χ4v) is 2.79. The Hall–Kier alpha value is 0.270. The topological polar surface area (TPSA) is 23.5 Å². The normalized spacial score (nSPS) is 30.4. The summed E-state index contributed by atoms with van der Waals surface area (Å²) in [4.78, 5) is 2.40. The van der Waals surface area contributed by atoms with Gasteiger partial charge in [-0.25, -0.2) is 0 Å². The van der Waals surface area contributed by atoms with Crippen LogP contribution in [0.4, 0.5) is 0 Å². The molecule has 1 fully saturated rings. The van der Waals surface area contributed by atoms with Crippen LogP contribution >= 0.6 is 12.6 Å². The second-order valence-electron chi connectivity index (χ2n) is 5.17. The Labute approximate surface area is 99.5 Å². The lowest BCUT2D eigenvalue weighted by Gasteiger charge is -2.38. The molecule has 2 unspecified atom stereocenters. The maximum absolute atomic E-state index is 10.00. The van der Waals surface area contributed by atoms with Crippen molar-refractivity contribution in [1.29, 1.82) is 0 Å². The maximum Gasteiger partial charge on any atom is 0.0746 e. The van der Waals surface area contributed by atoms with E-state index in [2.05, 4.69) is 24.5 Å². The van der Waals surface area contributed by atoms with Crippen molar-refractivity contribution < 1.29 is 5.11 Å². The largest absolute Gasteiger partial charge is 0.389 e. The summed E-state index contributed by atoms with van der Waals surface area (Å²) >= 11 is 4.40. The standard InChI is InChI=1S/C12H25NOS/c1-3-5-11(9-15)8-13-7-4-6-12(2,14)10-13/h11,14-15H,3-10H2,1-2H3. The third kappa shape index (κ3) is 4.75. The smallest absolute Gasteiger partial charge is 0.0746 e. The Morgan fingerprint density at radius 2 is 2.27 bits per heavy atom. The molecule has 1 aliphatic heterocycles. The van der Waals surface area contributed by atoms with Crippen LogP contribution in [-0.2, 0) is 0 Å². The number of hydrogen-bond donors (Lipinski definition) is 2. The van der Waals surface area contributed by atoms with E-state index in [-0.39, 0.29) is 0 Å². The molecule has 0 radical (unpaired) electrons. The van der Waals surface area contributed by atoms with Crippen LogP contribution in [0, 0.1) is 5.92 Å². The molecule has 0 aliphatic carbocycles. The molecule has 90 valence electrons. The third-order valence-electron chi connectivity index (χ3n) is 3.23. The van der Waals surface area contributed by atoms with E-state index in [1.54, 1.807) is 0 Å². The van der Waals surface area contributed by atoms with Crippen LogP contribution in [0.1, 0.15) is 39.5 Å². The Bertz CT molecular complexity index is 184. The van der Waals surface area contributed by atoms with E-state index in [4.69, 9.17) is 0 Å². The first-order chi connectivity index (χ1) is 7.07. The van der Waals surface area contributed by atoms with Gasteiger partial charge in [-0.3, -0.25) is 0 Å². The van der Waals surface area contributed by atoms with Crippen LogP contribution < -0.4 is 0 Å². The Morgan fingerprint density at radius 1 is 1.53 bits per heavy atom. The van der Waals surface area contributed by atoms with Crippen molar-refractivity contribution in [1.82, 2.24) is 4.90 Å². The van der Waals surface area contributed by atoms with Crippen molar-refractivity contribution in [3.8, 4) is 0 Å². The minimum absolute atomic E-state index is 0.467. The summed E-state index contributed by atoms with van der Waals surface area (Å²) in [6.07, 6.45) is 4.55. The van der Waals surface area contributed by atoms with Crippen molar-refractivity contribution in [3.63, 3.8) is 0 Å². The quantitative estimate of drug-likeness (QED) is 0.709. The second kappa shape index (κ2) is 6.12. The molecular weight excluding hydrogens is 206 g/mol. The number of aliphatic hydroxyl groups is 1. The molecule has 0 bridgehead atoms. The fourth-order valence-electron chi connectivity index (χ4n) is 2.49. The molecule has 0 aromatic heterocycles. The molecule has 1 saturated heterocycles. The van der Waals surface area contributed by atoms with Gasteiger partial charge in [-0.1, -0.05) is 13.3 Å². The summed E-state index contributed by atoms with van der Waals surface area (Å²) in [5, 5.41) is 10.00. The van der Waals surface area contributed by atoms with Gasteiger partial charge >= 0.3 is 0 Å². The molecule has 0 amide bonds. The van der Waals surface area contributed by atoms with Gasteiger partial charge in [0.1, 0.15) is 0 Å². The highest BCUT2D eigenvalue weighted by atomic mass is 32.1. The zero-order valence-electron chi connectivity index (χ0n) is 10.1. The summed E-state index contributed by atoms with van der Waals surface area (Å²) in [5.74, 6) is 1.65. The van der Waals surface area contributed by atoms with Gasteiger partial charge in [-0.05, 0) is 44.4 Å². The SMILES string of the molecule is CCCC(CS)CN1CCCC(C)(O)C1. The molecule has 1 heterocycles. The van der Waals surface area contributed by atoms with E-state index in [1.165, 1.54) is 12.8 Å². The molecule has 15 heavy (non-hydrogen) atoms. The minimum atomic E-state index is -0.467. The van der Waals surface area contributed by atoms with Gasteiger partial charge in [-0.2, -0.15) is 12.6 Å². The Morgan fingerprint density at radius 3 is 2.80 bits per heavy atom. The van der Waals surface area contributed by atoms with Gasteiger partial charge in [-0.15, -0.1) is 0 Å². The van der Waals surface area contributed by atoms with Gasteiger partial charge in [0.15, 0.2) is 0 Å². The lowest BCUT2D eigenvalue weighted by atomic mass is 9.94. The summed E-state index contributed by atoms with van der Waals surface area (Å²) in [6.45, 7) is 7.26. The van der Waals surface area contributed by atoms with Crippen LogP contribution in [0.5, 0.6) is 0 Å². The number of β-amino-alcohol motifs (C(OH)–C–C–N with tert-alkyl or cyclic N) is 1. The predicted octanol–water partition coefficient (Wildman–Crippen LogP) is 2.18. The van der Waals surface area contributed by atoms with Crippen molar-refractivity contribution >= 4 is 12.6 Å². The summed E-state index contributed by atoms with van der Waals surface area (Å²) in [7, 11) is 0. The number of hydrogen-bond acceptors (Lipinski definition) is 3. The van der Waals surface area contributed by atoms with Crippen molar-refractivity contribution in [2.24, 2.45) is 5.92 Å². The maximum atomic E-state index is 10.00. The summed E-state index contributed by atoms with van der Waals surface area (Å²) in [6, 6.07) is 0. The van der Waals surface area contributed by atoms with Crippen molar-refractivity contribution in [2.45, 2.75) is 45.1 Å². The average molecular weight is 231 g/mol. The average Bonchev–Trinajstić information content (AvgIpc) is 2.15. The van der Waals surface area contributed by atoms with E-state index in [0.717, 1.165) is 38.2 Å². The highest BCUT2D eigenvalue weighted by molar-refractivity contribution is 7.80. The van der Waals surface area contributed by atoms with Crippen molar-refractivity contribution in [2.75, 3.05) is 25.4 Å². The molecule has 3 heteroatoms. The molecule has 1 aliphatic rings. The monoisotopic (exact) mass is 231 g/mol. The zero-order chi connectivity index (χ0) is 11.3. The van der Waals surface area contributed by atoms with E-state index >= 15 is 0 Å². The Balaban J connectivity index is 2.36. The van der Waals surface area contributed by atoms with Gasteiger partial charge in [0.2, 0.25) is 0 Å². The van der Waals surface area contributed by atoms with E-state index in [1.807, 2.05) is 6.92 Å². The predicted molar refractivity (Wildman–Crippen MR) is 68.5 cm³/mol. The van der Waals surface area contributed by atoms with E-state index in [0.29, 0.717) is 5.92 Å². The molecule has 2 atom stereocenters. The fraction of sp³-hybridized carbons (Fsp3) is 1.00. The molecule has 1 rings (SSSR count).